The number of aliphatic hydroxyl groups is 2. The molecule has 0 aliphatic heterocycles. The van der Waals surface area contributed by atoms with Crippen molar-refractivity contribution in [3.8, 4) is 0 Å². The Labute approximate surface area is 93.6 Å². The number of aromatic nitrogens is 2. The van der Waals surface area contributed by atoms with Crippen LogP contribution in [0.2, 0.25) is 0 Å². The lowest BCUT2D eigenvalue weighted by molar-refractivity contribution is 0.280. The van der Waals surface area contributed by atoms with Crippen LogP contribution in [0, 0.1) is 0 Å². The lowest BCUT2D eigenvalue weighted by atomic mass is 10.4. The highest BCUT2D eigenvalue weighted by Gasteiger charge is 2.08. The summed E-state index contributed by atoms with van der Waals surface area (Å²) >= 11 is 0. The van der Waals surface area contributed by atoms with E-state index >= 15 is 0 Å². The van der Waals surface area contributed by atoms with E-state index in [9.17, 15) is 4.79 Å². The van der Waals surface area contributed by atoms with E-state index in [1.807, 2.05) is 6.92 Å². The first-order chi connectivity index (χ1) is 7.71. The lowest BCUT2D eigenvalue weighted by Crippen LogP contribution is -2.32. The maximum atomic E-state index is 11.3. The van der Waals surface area contributed by atoms with Crippen LogP contribution in [-0.2, 0) is 6.42 Å². The van der Waals surface area contributed by atoms with Crippen LogP contribution in [0.25, 0.3) is 0 Å². The molecule has 90 valence electrons. The highest BCUT2D eigenvalue weighted by Crippen LogP contribution is 2.07. The molecule has 6 heteroatoms. The molecular formula is C10H17N3O3. The van der Waals surface area contributed by atoms with Crippen molar-refractivity contribution in [2.45, 2.75) is 13.3 Å². The van der Waals surface area contributed by atoms with Crippen LogP contribution in [0.3, 0.4) is 0 Å². The van der Waals surface area contributed by atoms with E-state index in [-0.39, 0.29) is 18.8 Å². The predicted molar refractivity (Wildman–Crippen MR) is 60.6 cm³/mol. The molecule has 3 N–H and O–H groups in total. The number of nitrogens with zero attached hydrogens (tertiary/aromatic N) is 2. The Morgan fingerprint density at radius 2 is 2.00 bits per heavy atom. The summed E-state index contributed by atoms with van der Waals surface area (Å²) in [6.07, 6.45) is 0.634. The van der Waals surface area contributed by atoms with Crippen molar-refractivity contribution < 1.29 is 10.2 Å². The number of H-pyrrole nitrogens is 1. The van der Waals surface area contributed by atoms with Crippen LogP contribution in [0.15, 0.2) is 10.9 Å². The summed E-state index contributed by atoms with van der Waals surface area (Å²) in [5.41, 5.74) is -0.220. The molecule has 0 radical (unpaired) electrons. The molecule has 1 rings (SSSR count). The fraction of sp³-hybridized carbons (Fsp3) is 0.600. The molecule has 0 atom stereocenters. The second kappa shape index (κ2) is 6.24. The van der Waals surface area contributed by atoms with E-state index in [1.54, 1.807) is 4.90 Å². The molecule has 0 unspecified atom stereocenters. The smallest absolute Gasteiger partial charge is 0.252 e. The van der Waals surface area contributed by atoms with E-state index in [1.165, 1.54) is 6.07 Å². The molecule has 0 aromatic carbocycles. The summed E-state index contributed by atoms with van der Waals surface area (Å²) in [7, 11) is 0. The van der Waals surface area contributed by atoms with Crippen molar-refractivity contribution in [3.05, 3.63) is 22.2 Å². The monoisotopic (exact) mass is 227 g/mol. The molecule has 16 heavy (non-hydrogen) atoms. The fourth-order valence-electron chi connectivity index (χ4n) is 1.41. The molecule has 0 fully saturated rings. The maximum Gasteiger partial charge on any atom is 0.252 e. The van der Waals surface area contributed by atoms with Crippen molar-refractivity contribution in [2.24, 2.45) is 0 Å². The van der Waals surface area contributed by atoms with Gasteiger partial charge in [0.1, 0.15) is 11.6 Å². The predicted octanol–water partition coefficient (Wildman–Crippen LogP) is -0.877. The Morgan fingerprint density at radius 1 is 1.38 bits per heavy atom. The zero-order valence-corrected chi connectivity index (χ0v) is 9.31. The Bertz CT molecular complexity index is 372. The third kappa shape index (κ3) is 3.32. The van der Waals surface area contributed by atoms with E-state index in [4.69, 9.17) is 10.2 Å². The molecule has 0 saturated carbocycles. The number of aliphatic hydroxyl groups excluding tert-OH is 2. The standard InChI is InChI=1S/C10H17N3O3/c1-2-8-11-9(7-10(16)12-8)13(3-5-14)4-6-15/h7,14-15H,2-6H2,1H3,(H,11,12,16). The van der Waals surface area contributed by atoms with E-state index in [0.717, 1.165) is 0 Å². The fourth-order valence-corrected chi connectivity index (χ4v) is 1.41. The van der Waals surface area contributed by atoms with Crippen molar-refractivity contribution >= 4 is 5.82 Å². The largest absolute Gasteiger partial charge is 0.395 e. The third-order valence-corrected chi connectivity index (χ3v) is 2.18. The van der Waals surface area contributed by atoms with Crippen molar-refractivity contribution in [1.82, 2.24) is 9.97 Å². The van der Waals surface area contributed by atoms with Gasteiger partial charge in [-0.1, -0.05) is 6.92 Å². The lowest BCUT2D eigenvalue weighted by Gasteiger charge is -2.21. The van der Waals surface area contributed by atoms with Gasteiger partial charge < -0.3 is 20.1 Å². The number of rotatable bonds is 6. The Balaban J connectivity index is 2.98. The summed E-state index contributed by atoms with van der Waals surface area (Å²) in [4.78, 5) is 19.9. The van der Waals surface area contributed by atoms with E-state index in [0.29, 0.717) is 31.2 Å². The first-order valence-electron chi connectivity index (χ1n) is 5.28. The summed E-state index contributed by atoms with van der Waals surface area (Å²) in [5.74, 6) is 1.09. The van der Waals surface area contributed by atoms with Gasteiger partial charge in [-0.2, -0.15) is 0 Å². The molecule has 1 aromatic heterocycles. The number of hydrogen-bond acceptors (Lipinski definition) is 5. The van der Waals surface area contributed by atoms with Gasteiger partial charge in [0, 0.05) is 25.6 Å². The summed E-state index contributed by atoms with van der Waals surface area (Å²) < 4.78 is 0. The molecule has 0 amide bonds. The summed E-state index contributed by atoms with van der Waals surface area (Å²) in [6.45, 7) is 2.50. The molecule has 0 bridgehead atoms. The van der Waals surface area contributed by atoms with Crippen molar-refractivity contribution in [1.29, 1.82) is 0 Å². The zero-order chi connectivity index (χ0) is 12.0. The van der Waals surface area contributed by atoms with Crippen LogP contribution in [0.5, 0.6) is 0 Å². The Morgan fingerprint density at radius 3 is 2.50 bits per heavy atom. The second-order valence-electron chi connectivity index (χ2n) is 3.34. The average Bonchev–Trinajstić information content (AvgIpc) is 2.28. The maximum absolute atomic E-state index is 11.3. The van der Waals surface area contributed by atoms with Gasteiger partial charge in [-0.15, -0.1) is 0 Å². The molecular weight excluding hydrogens is 210 g/mol. The average molecular weight is 227 g/mol. The Hall–Kier alpha value is -1.40. The van der Waals surface area contributed by atoms with Crippen LogP contribution in [0.4, 0.5) is 5.82 Å². The number of aryl methyl sites for hydroxylation is 1. The number of nitrogens with one attached hydrogen (secondary N) is 1. The van der Waals surface area contributed by atoms with E-state index in [2.05, 4.69) is 9.97 Å². The van der Waals surface area contributed by atoms with E-state index < -0.39 is 0 Å². The number of hydrogen-bond donors (Lipinski definition) is 3. The summed E-state index contributed by atoms with van der Waals surface area (Å²) in [6, 6.07) is 1.37. The SMILES string of the molecule is CCc1nc(N(CCO)CCO)cc(=O)[nH]1. The minimum Gasteiger partial charge on any atom is -0.395 e. The van der Waals surface area contributed by atoms with Gasteiger partial charge in [-0.05, 0) is 0 Å². The molecule has 0 saturated heterocycles. The molecule has 6 nitrogen and oxygen atoms in total. The normalized spacial score (nSPS) is 10.4. The van der Waals surface area contributed by atoms with Gasteiger partial charge in [-0.3, -0.25) is 4.79 Å². The molecule has 1 heterocycles. The van der Waals surface area contributed by atoms with Gasteiger partial charge in [0.05, 0.1) is 13.2 Å². The molecule has 0 aliphatic carbocycles. The Kier molecular flexibility index (Phi) is 4.94. The van der Waals surface area contributed by atoms with Gasteiger partial charge in [0.2, 0.25) is 0 Å². The number of aromatic amines is 1. The minimum atomic E-state index is -0.220. The first kappa shape index (κ1) is 12.7. The third-order valence-electron chi connectivity index (χ3n) is 2.18. The highest BCUT2D eigenvalue weighted by molar-refractivity contribution is 5.37. The van der Waals surface area contributed by atoms with Crippen molar-refractivity contribution in [3.63, 3.8) is 0 Å². The van der Waals surface area contributed by atoms with Gasteiger partial charge in [0.25, 0.3) is 5.56 Å². The molecule has 0 aliphatic rings. The van der Waals surface area contributed by atoms with Gasteiger partial charge >= 0.3 is 0 Å². The highest BCUT2D eigenvalue weighted by atomic mass is 16.3. The van der Waals surface area contributed by atoms with Crippen LogP contribution < -0.4 is 10.5 Å². The van der Waals surface area contributed by atoms with Crippen LogP contribution in [-0.4, -0.2) is 46.5 Å². The zero-order valence-electron chi connectivity index (χ0n) is 9.31. The molecule has 1 aromatic rings. The quantitative estimate of drug-likeness (QED) is 0.587. The number of anilines is 1. The second-order valence-corrected chi connectivity index (χ2v) is 3.34. The van der Waals surface area contributed by atoms with Crippen LogP contribution in [0.1, 0.15) is 12.7 Å². The summed E-state index contributed by atoms with van der Waals surface area (Å²) in [5, 5.41) is 17.8. The topological polar surface area (TPSA) is 89.4 Å². The minimum absolute atomic E-state index is 0.0457. The van der Waals surface area contributed by atoms with Gasteiger partial charge in [0.15, 0.2) is 0 Å². The van der Waals surface area contributed by atoms with Gasteiger partial charge in [-0.25, -0.2) is 4.98 Å². The van der Waals surface area contributed by atoms with Crippen molar-refractivity contribution in [2.75, 3.05) is 31.2 Å². The molecule has 0 spiro atoms. The van der Waals surface area contributed by atoms with Crippen LogP contribution >= 0.6 is 0 Å². The first-order valence-corrected chi connectivity index (χ1v) is 5.28.